The van der Waals surface area contributed by atoms with Gasteiger partial charge in [0.25, 0.3) is 0 Å². The summed E-state index contributed by atoms with van der Waals surface area (Å²) in [5.74, 6) is 0.312. The molecule has 0 heterocycles. The molecular weight excluding hydrogens is 154 g/mol. The van der Waals surface area contributed by atoms with Crippen molar-refractivity contribution in [1.82, 2.24) is 4.90 Å². The maximum absolute atomic E-state index is 9.62. The lowest BCUT2D eigenvalue weighted by Gasteiger charge is -2.21. The predicted octanol–water partition coefficient (Wildman–Crippen LogP) is 0.581. The lowest BCUT2D eigenvalue weighted by Crippen LogP contribution is -2.31. The Morgan fingerprint density at radius 1 is 1.42 bits per heavy atom. The average molecular weight is 175 g/mol. The van der Waals surface area contributed by atoms with Gasteiger partial charge in [-0.3, -0.25) is 0 Å². The molecule has 1 N–H and O–H groups in total. The fourth-order valence-electron chi connectivity index (χ4n) is 1.05. The fraction of sp³-hybridized carbons (Fsp3) is 1.00. The Bertz CT molecular complexity index is 107. The van der Waals surface area contributed by atoms with E-state index in [9.17, 15) is 5.11 Å². The van der Waals surface area contributed by atoms with E-state index >= 15 is 0 Å². The third-order valence-electron chi connectivity index (χ3n) is 1.99. The maximum Gasteiger partial charge on any atom is 0.0693 e. The molecule has 12 heavy (non-hydrogen) atoms. The number of rotatable bonds is 6. The summed E-state index contributed by atoms with van der Waals surface area (Å²) in [5, 5.41) is 9.62. The smallest absolute Gasteiger partial charge is 0.0693 e. The first-order chi connectivity index (χ1) is 5.57. The van der Waals surface area contributed by atoms with Crippen molar-refractivity contribution in [3.8, 4) is 0 Å². The number of aliphatic hydroxyl groups is 1. The van der Waals surface area contributed by atoms with Crippen molar-refractivity contribution in [1.29, 1.82) is 0 Å². The van der Waals surface area contributed by atoms with Crippen LogP contribution in [0, 0.1) is 5.92 Å². The first-order valence-corrected chi connectivity index (χ1v) is 4.39. The Hall–Kier alpha value is -0.120. The predicted molar refractivity (Wildman–Crippen MR) is 50.2 cm³/mol. The zero-order valence-corrected chi connectivity index (χ0v) is 8.58. The first kappa shape index (κ1) is 11.9. The zero-order valence-electron chi connectivity index (χ0n) is 8.58. The molecule has 0 aromatic rings. The number of nitrogens with zero attached hydrogens (tertiary/aromatic N) is 1. The molecule has 0 aliphatic carbocycles. The number of hydrogen-bond acceptors (Lipinski definition) is 3. The molecule has 0 radical (unpaired) electrons. The van der Waals surface area contributed by atoms with Crippen LogP contribution in [-0.2, 0) is 4.74 Å². The summed E-state index contributed by atoms with van der Waals surface area (Å²) in [4.78, 5) is 1.99. The minimum Gasteiger partial charge on any atom is -0.392 e. The van der Waals surface area contributed by atoms with Gasteiger partial charge in [0.1, 0.15) is 0 Å². The standard InChI is InChI=1S/C9H21NO2/c1-8(5-6-12-4)9(11)7-10(2)3/h8-9,11H,5-7H2,1-4H3. The molecule has 0 saturated carbocycles. The van der Waals surface area contributed by atoms with Gasteiger partial charge in [0.15, 0.2) is 0 Å². The van der Waals surface area contributed by atoms with Gasteiger partial charge in [0.05, 0.1) is 6.10 Å². The van der Waals surface area contributed by atoms with Crippen molar-refractivity contribution in [2.75, 3.05) is 34.4 Å². The summed E-state index contributed by atoms with van der Waals surface area (Å²) in [5.41, 5.74) is 0. The zero-order chi connectivity index (χ0) is 9.56. The highest BCUT2D eigenvalue weighted by Gasteiger charge is 2.14. The second-order valence-electron chi connectivity index (χ2n) is 3.59. The van der Waals surface area contributed by atoms with Crippen LogP contribution in [0.3, 0.4) is 0 Å². The van der Waals surface area contributed by atoms with Crippen molar-refractivity contribution < 1.29 is 9.84 Å². The summed E-state index contributed by atoms with van der Waals surface area (Å²) in [7, 11) is 5.61. The third kappa shape index (κ3) is 5.52. The van der Waals surface area contributed by atoms with Gasteiger partial charge >= 0.3 is 0 Å². The maximum atomic E-state index is 9.62. The SMILES string of the molecule is COCCC(C)C(O)CN(C)C. The van der Waals surface area contributed by atoms with Crippen LogP contribution in [0.25, 0.3) is 0 Å². The van der Waals surface area contributed by atoms with Crippen molar-refractivity contribution in [2.45, 2.75) is 19.4 Å². The molecule has 0 aliphatic rings. The van der Waals surface area contributed by atoms with Crippen LogP contribution in [0.5, 0.6) is 0 Å². The Morgan fingerprint density at radius 2 is 2.00 bits per heavy atom. The minimum absolute atomic E-state index is 0.241. The highest BCUT2D eigenvalue weighted by molar-refractivity contribution is 4.66. The van der Waals surface area contributed by atoms with E-state index in [1.54, 1.807) is 7.11 Å². The molecule has 2 unspecified atom stereocenters. The molecule has 0 amide bonds. The third-order valence-corrected chi connectivity index (χ3v) is 1.99. The Kier molecular flexibility index (Phi) is 6.34. The van der Waals surface area contributed by atoms with Crippen LogP contribution in [0.15, 0.2) is 0 Å². The number of likely N-dealkylation sites (N-methyl/N-ethyl adjacent to an activating group) is 1. The van der Waals surface area contributed by atoms with Gasteiger partial charge in [-0.1, -0.05) is 6.92 Å². The largest absolute Gasteiger partial charge is 0.392 e. The number of ether oxygens (including phenoxy) is 1. The van der Waals surface area contributed by atoms with Crippen LogP contribution >= 0.6 is 0 Å². The van der Waals surface area contributed by atoms with Gasteiger partial charge in [-0.2, -0.15) is 0 Å². The van der Waals surface area contributed by atoms with Gasteiger partial charge in [0.2, 0.25) is 0 Å². The topological polar surface area (TPSA) is 32.7 Å². The van der Waals surface area contributed by atoms with Gasteiger partial charge in [-0.05, 0) is 26.4 Å². The second kappa shape index (κ2) is 6.40. The Labute approximate surface area is 75.3 Å². The normalized spacial score (nSPS) is 16.5. The average Bonchev–Trinajstić information content (AvgIpc) is 1.98. The molecule has 0 aliphatic heterocycles. The molecule has 0 spiro atoms. The molecular formula is C9H21NO2. The van der Waals surface area contributed by atoms with E-state index < -0.39 is 0 Å². The number of methoxy groups -OCH3 is 1. The van der Waals surface area contributed by atoms with E-state index in [2.05, 4.69) is 0 Å². The molecule has 0 saturated heterocycles. The molecule has 0 aromatic heterocycles. The van der Waals surface area contributed by atoms with Crippen LogP contribution in [0.4, 0.5) is 0 Å². The molecule has 3 nitrogen and oxygen atoms in total. The molecule has 0 bridgehead atoms. The molecule has 0 aromatic carbocycles. The van der Waals surface area contributed by atoms with Crippen molar-refractivity contribution in [3.05, 3.63) is 0 Å². The van der Waals surface area contributed by atoms with E-state index in [1.165, 1.54) is 0 Å². The van der Waals surface area contributed by atoms with Crippen LogP contribution < -0.4 is 0 Å². The van der Waals surface area contributed by atoms with E-state index in [0.29, 0.717) is 5.92 Å². The summed E-state index contributed by atoms with van der Waals surface area (Å²) < 4.78 is 4.94. The first-order valence-electron chi connectivity index (χ1n) is 4.39. The quantitative estimate of drug-likeness (QED) is 0.641. The van der Waals surface area contributed by atoms with Crippen molar-refractivity contribution in [2.24, 2.45) is 5.92 Å². The highest BCUT2D eigenvalue weighted by atomic mass is 16.5. The van der Waals surface area contributed by atoms with E-state index in [-0.39, 0.29) is 6.10 Å². The monoisotopic (exact) mass is 175 g/mol. The number of aliphatic hydroxyl groups excluding tert-OH is 1. The lowest BCUT2D eigenvalue weighted by molar-refractivity contribution is 0.0673. The van der Waals surface area contributed by atoms with E-state index in [0.717, 1.165) is 19.6 Å². The Balaban J connectivity index is 3.53. The Morgan fingerprint density at radius 3 is 2.42 bits per heavy atom. The minimum atomic E-state index is -0.241. The van der Waals surface area contributed by atoms with E-state index in [4.69, 9.17) is 4.74 Å². The fourth-order valence-corrected chi connectivity index (χ4v) is 1.05. The van der Waals surface area contributed by atoms with E-state index in [1.807, 2.05) is 25.9 Å². The second-order valence-corrected chi connectivity index (χ2v) is 3.59. The summed E-state index contributed by atoms with van der Waals surface area (Å²) in [6.07, 6.45) is 0.682. The molecule has 2 atom stereocenters. The van der Waals surface area contributed by atoms with Crippen LogP contribution in [-0.4, -0.2) is 50.5 Å². The summed E-state index contributed by atoms with van der Waals surface area (Å²) >= 11 is 0. The molecule has 0 rings (SSSR count). The van der Waals surface area contributed by atoms with Crippen molar-refractivity contribution >= 4 is 0 Å². The molecule has 74 valence electrons. The van der Waals surface area contributed by atoms with Gasteiger partial charge in [-0.15, -0.1) is 0 Å². The summed E-state index contributed by atoms with van der Waals surface area (Å²) in [6, 6.07) is 0. The van der Waals surface area contributed by atoms with Gasteiger partial charge in [-0.25, -0.2) is 0 Å². The van der Waals surface area contributed by atoms with Gasteiger partial charge < -0.3 is 14.7 Å². The molecule has 0 fully saturated rings. The van der Waals surface area contributed by atoms with Crippen molar-refractivity contribution in [3.63, 3.8) is 0 Å². The lowest BCUT2D eigenvalue weighted by atomic mass is 10.0. The van der Waals surface area contributed by atoms with Gasteiger partial charge in [0, 0.05) is 20.3 Å². The van der Waals surface area contributed by atoms with Crippen LogP contribution in [0.1, 0.15) is 13.3 Å². The number of hydrogen-bond donors (Lipinski definition) is 1. The highest BCUT2D eigenvalue weighted by Crippen LogP contribution is 2.08. The van der Waals surface area contributed by atoms with Crippen LogP contribution in [0.2, 0.25) is 0 Å². The summed E-state index contributed by atoms with van der Waals surface area (Å²) in [6.45, 7) is 3.50. The molecule has 3 heteroatoms.